The molecular weight excluding hydrogens is 383 g/mol. The molecule has 0 saturated carbocycles. The standard InChI is InChI=1S/C20H22BrFN2O/c1-15-3-5-16(6-4-15)14-23-9-2-10-24(12-11-23)20(25)18-8-7-17(22)13-19(18)21/h3-8,13H,2,9-12,14H2,1H3. The fourth-order valence-corrected chi connectivity index (χ4v) is 3.64. The first-order valence-electron chi connectivity index (χ1n) is 8.55. The summed E-state index contributed by atoms with van der Waals surface area (Å²) in [7, 11) is 0. The molecule has 3 rings (SSSR count). The summed E-state index contributed by atoms with van der Waals surface area (Å²) in [5.41, 5.74) is 3.08. The first kappa shape index (κ1) is 18.1. The van der Waals surface area contributed by atoms with Gasteiger partial charge in [-0.2, -0.15) is 0 Å². The fourth-order valence-electron chi connectivity index (χ4n) is 3.12. The molecule has 5 heteroatoms. The van der Waals surface area contributed by atoms with E-state index in [0.29, 0.717) is 16.6 Å². The van der Waals surface area contributed by atoms with E-state index >= 15 is 0 Å². The number of amides is 1. The van der Waals surface area contributed by atoms with Gasteiger partial charge in [0.1, 0.15) is 5.82 Å². The molecule has 1 heterocycles. The summed E-state index contributed by atoms with van der Waals surface area (Å²) in [5, 5.41) is 0. The number of aryl methyl sites for hydroxylation is 1. The van der Waals surface area contributed by atoms with Crippen LogP contribution in [0.15, 0.2) is 46.9 Å². The molecule has 0 aromatic heterocycles. The molecule has 2 aromatic rings. The molecule has 1 fully saturated rings. The molecule has 0 N–H and O–H groups in total. The van der Waals surface area contributed by atoms with Crippen LogP contribution in [0.4, 0.5) is 4.39 Å². The van der Waals surface area contributed by atoms with Crippen LogP contribution in [0.3, 0.4) is 0 Å². The van der Waals surface area contributed by atoms with Crippen LogP contribution in [0.1, 0.15) is 27.9 Å². The minimum absolute atomic E-state index is 0.0379. The van der Waals surface area contributed by atoms with Crippen LogP contribution >= 0.6 is 15.9 Å². The third kappa shape index (κ3) is 4.67. The van der Waals surface area contributed by atoms with Crippen LogP contribution in [0.5, 0.6) is 0 Å². The van der Waals surface area contributed by atoms with Crippen molar-refractivity contribution in [2.24, 2.45) is 0 Å². The van der Waals surface area contributed by atoms with E-state index in [1.54, 1.807) is 6.07 Å². The minimum Gasteiger partial charge on any atom is -0.337 e. The van der Waals surface area contributed by atoms with Gasteiger partial charge in [0.25, 0.3) is 5.91 Å². The molecule has 1 amide bonds. The topological polar surface area (TPSA) is 23.6 Å². The van der Waals surface area contributed by atoms with Crippen molar-refractivity contribution in [2.45, 2.75) is 19.9 Å². The minimum atomic E-state index is -0.344. The van der Waals surface area contributed by atoms with Gasteiger partial charge in [-0.1, -0.05) is 29.8 Å². The van der Waals surface area contributed by atoms with E-state index in [1.165, 1.54) is 23.3 Å². The van der Waals surface area contributed by atoms with Crippen molar-refractivity contribution in [2.75, 3.05) is 26.2 Å². The lowest BCUT2D eigenvalue weighted by molar-refractivity contribution is 0.0760. The quantitative estimate of drug-likeness (QED) is 0.763. The van der Waals surface area contributed by atoms with Gasteiger partial charge in [-0.3, -0.25) is 9.69 Å². The number of carbonyl (C=O) groups is 1. The number of hydrogen-bond donors (Lipinski definition) is 0. The zero-order valence-corrected chi connectivity index (χ0v) is 15.9. The predicted octanol–water partition coefficient (Wildman–Crippen LogP) is 4.24. The SMILES string of the molecule is Cc1ccc(CN2CCCN(C(=O)c3ccc(F)cc3Br)CC2)cc1. The number of nitrogens with zero attached hydrogens (tertiary/aromatic N) is 2. The van der Waals surface area contributed by atoms with Crippen LogP contribution in [-0.2, 0) is 6.54 Å². The smallest absolute Gasteiger partial charge is 0.255 e. The summed E-state index contributed by atoms with van der Waals surface area (Å²) < 4.78 is 13.8. The third-order valence-electron chi connectivity index (χ3n) is 4.56. The van der Waals surface area contributed by atoms with Crippen LogP contribution < -0.4 is 0 Å². The average molecular weight is 405 g/mol. The molecule has 25 heavy (non-hydrogen) atoms. The molecule has 0 atom stereocenters. The number of rotatable bonds is 3. The van der Waals surface area contributed by atoms with Crippen molar-refractivity contribution in [1.29, 1.82) is 0 Å². The highest BCUT2D eigenvalue weighted by Crippen LogP contribution is 2.21. The van der Waals surface area contributed by atoms with Crippen LogP contribution in [0, 0.1) is 12.7 Å². The lowest BCUT2D eigenvalue weighted by atomic mass is 10.1. The zero-order chi connectivity index (χ0) is 17.8. The van der Waals surface area contributed by atoms with E-state index in [0.717, 1.165) is 32.6 Å². The van der Waals surface area contributed by atoms with E-state index < -0.39 is 0 Å². The third-order valence-corrected chi connectivity index (χ3v) is 5.22. The molecule has 1 saturated heterocycles. The summed E-state index contributed by atoms with van der Waals surface area (Å²) in [5.74, 6) is -0.382. The molecule has 1 aliphatic rings. The summed E-state index contributed by atoms with van der Waals surface area (Å²) in [6.45, 7) is 6.23. The van der Waals surface area contributed by atoms with Gasteiger partial charge in [0, 0.05) is 37.2 Å². The van der Waals surface area contributed by atoms with Crippen molar-refractivity contribution < 1.29 is 9.18 Å². The Bertz CT molecular complexity index is 748. The second-order valence-corrected chi connectivity index (χ2v) is 7.39. The highest BCUT2D eigenvalue weighted by Gasteiger charge is 2.22. The molecule has 0 spiro atoms. The summed E-state index contributed by atoms with van der Waals surface area (Å²) in [6.07, 6.45) is 0.941. The van der Waals surface area contributed by atoms with Crippen molar-refractivity contribution in [3.8, 4) is 0 Å². The molecule has 0 bridgehead atoms. The maximum atomic E-state index is 13.2. The van der Waals surface area contributed by atoms with Gasteiger partial charge < -0.3 is 4.90 Å². The van der Waals surface area contributed by atoms with Crippen LogP contribution in [0.25, 0.3) is 0 Å². The Labute approximate surface area is 156 Å². The maximum absolute atomic E-state index is 13.2. The molecule has 0 unspecified atom stereocenters. The Morgan fingerprint density at radius 1 is 1.08 bits per heavy atom. The molecule has 0 radical (unpaired) electrons. The molecular formula is C20H22BrFN2O. The second kappa shape index (κ2) is 8.11. The first-order valence-corrected chi connectivity index (χ1v) is 9.34. The van der Waals surface area contributed by atoms with E-state index in [-0.39, 0.29) is 11.7 Å². The molecule has 2 aromatic carbocycles. The van der Waals surface area contributed by atoms with Gasteiger partial charge >= 0.3 is 0 Å². The van der Waals surface area contributed by atoms with Crippen LogP contribution in [0.2, 0.25) is 0 Å². The molecule has 3 nitrogen and oxygen atoms in total. The molecule has 0 aliphatic carbocycles. The fraction of sp³-hybridized carbons (Fsp3) is 0.350. The normalized spacial score (nSPS) is 15.9. The lowest BCUT2D eigenvalue weighted by Crippen LogP contribution is -2.35. The number of hydrogen-bond acceptors (Lipinski definition) is 2. The van der Waals surface area contributed by atoms with Gasteiger partial charge in [0.2, 0.25) is 0 Å². The van der Waals surface area contributed by atoms with E-state index in [1.807, 2.05) is 4.90 Å². The summed E-state index contributed by atoms with van der Waals surface area (Å²) in [6, 6.07) is 12.8. The van der Waals surface area contributed by atoms with Crippen molar-refractivity contribution in [3.05, 3.63) is 69.4 Å². The zero-order valence-electron chi connectivity index (χ0n) is 14.3. The largest absolute Gasteiger partial charge is 0.337 e. The number of benzene rings is 2. The molecule has 1 aliphatic heterocycles. The van der Waals surface area contributed by atoms with Crippen molar-refractivity contribution in [3.63, 3.8) is 0 Å². The Hall–Kier alpha value is -1.72. The van der Waals surface area contributed by atoms with Crippen molar-refractivity contribution >= 4 is 21.8 Å². The van der Waals surface area contributed by atoms with E-state index in [2.05, 4.69) is 52.0 Å². The molecule has 132 valence electrons. The highest BCUT2D eigenvalue weighted by atomic mass is 79.9. The van der Waals surface area contributed by atoms with E-state index in [9.17, 15) is 9.18 Å². The Balaban J connectivity index is 1.62. The predicted molar refractivity (Wildman–Crippen MR) is 101 cm³/mol. The maximum Gasteiger partial charge on any atom is 0.255 e. The van der Waals surface area contributed by atoms with Gasteiger partial charge in [0.15, 0.2) is 0 Å². The first-order chi connectivity index (χ1) is 12.0. The Morgan fingerprint density at radius 3 is 2.56 bits per heavy atom. The monoisotopic (exact) mass is 404 g/mol. The van der Waals surface area contributed by atoms with Crippen molar-refractivity contribution in [1.82, 2.24) is 9.80 Å². The van der Waals surface area contributed by atoms with Crippen LogP contribution in [-0.4, -0.2) is 41.9 Å². The number of carbonyl (C=O) groups excluding carboxylic acids is 1. The average Bonchev–Trinajstić information content (AvgIpc) is 2.82. The Kier molecular flexibility index (Phi) is 5.86. The van der Waals surface area contributed by atoms with Gasteiger partial charge in [-0.25, -0.2) is 4.39 Å². The van der Waals surface area contributed by atoms with Gasteiger partial charge in [-0.15, -0.1) is 0 Å². The van der Waals surface area contributed by atoms with Gasteiger partial charge in [-0.05, 0) is 53.0 Å². The number of halogens is 2. The summed E-state index contributed by atoms with van der Waals surface area (Å²) in [4.78, 5) is 17.0. The summed E-state index contributed by atoms with van der Waals surface area (Å²) >= 11 is 3.30. The second-order valence-electron chi connectivity index (χ2n) is 6.53. The van der Waals surface area contributed by atoms with E-state index in [4.69, 9.17) is 0 Å². The highest BCUT2D eigenvalue weighted by molar-refractivity contribution is 9.10. The Morgan fingerprint density at radius 2 is 1.84 bits per heavy atom. The van der Waals surface area contributed by atoms with Gasteiger partial charge in [0.05, 0.1) is 5.56 Å². The lowest BCUT2D eigenvalue weighted by Gasteiger charge is -2.22.